The lowest BCUT2D eigenvalue weighted by Gasteiger charge is -2.26. The molecule has 0 bridgehead atoms. The van der Waals surface area contributed by atoms with Gasteiger partial charge in [-0.2, -0.15) is 0 Å². The van der Waals surface area contributed by atoms with E-state index in [0.29, 0.717) is 28.7 Å². The van der Waals surface area contributed by atoms with Crippen LogP contribution in [0.1, 0.15) is 35.7 Å². The molecule has 162 valence electrons. The quantitative estimate of drug-likeness (QED) is 0.532. The monoisotopic (exact) mass is 440 g/mol. The van der Waals surface area contributed by atoms with Crippen molar-refractivity contribution in [1.82, 2.24) is 15.2 Å². The van der Waals surface area contributed by atoms with Crippen molar-refractivity contribution in [2.24, 2.45) is 0 Å². The van der Waals surface area contributed by atoms with Gasteiger partial charge in [0.05, 0.1) is 24.9 Å². The summed E-state index contributed by atoms with van der Waals surface area (Å²) in [5, 5.41) is 7.56. The van der Waals surface area contributed by atoms with Crippen molar-refractivity contribution >= 4 is 34.2 Å². The first-order valence-corrected chi connectivity index (χ1v) is 10.7. The van der Waals surface area contributed by atoms with E-state index < -0.39 is 0 Å². The largest absolute Gasteiger partial charge is 0.467 e. The van der Waals surface area contributed by atoms with E-state index in [-0.39, 0.29) is 36.7 Å². The maximum atomic E-state index is 12.7. The lowest BCUT2D eigenvalue weighted by molar-refractivity contribution is -0.120. The molecular weight excluding hydrogens is 416 g/mol. The van der Waals surface area contributed by atoms with Gasteiger partial charge in [0, 0.05) is 17.0 Å². The number of furan rings is 1. The van der Waals surface area contributed by atoms with Gasteiger partial charge in [-0.1, -0.05) is 18.2 Å². The minimum Gasteiger partial charge on any atom is -0.467 e. The fourth-order valence-electron chi connectivity index (χ4n) is 2.82. The molecule has 0 fully saturated rings. The maximum absolute atomic E-state index is 12.7. The molecule has 2 heterocycles. The second kappa shape index (κ2) is 10.5. The summed E-state index contributed by atoms with van der Waals surface area (Å²) in [6, 6.07) is 12.2. The highest BCUT2D eigenvalue weighted by atomic mass is 32.1. The highest BCUT2D eigenvalue weighted by molar-refractivity contribution is 7.13. The van der Waals surface area contributed by atoms with Crippen LogP contribution in [0, 0.1) is 0 Å². The van der Waals surface area contributed by atoms with Crippen molar-refractivity contribution in [1.29, 1.82) is 0 Å². The molecular formula is C22H24N4O4S. The smallest absolute Gasteiger partial charge is 0.254 e. The Morgan fingerprint density at radius 2 is 1.87 bits per heavy atom. The van der Waals surface area contributed by atoms with Gasteiger partial charge in [0.1, 0.15) is 12.3 Å². The van der Waals surface area contributed by atoms with Crippen LogP contribution in [0.25, 0.3) is 0 Å². The molecule has 3 rings (SSSR count). The molecule has 8 nitrogen and oxygen atoms in total. The van der Waals surface area contributed by atoms with Gasteiger partial charge < -0.3 is 20.0 Å². The van der Waals surface area contributed by atoms with Crippen molar-refractivity contribution in [3.05, 3.63) is 71.1 Å². The molecule has 3 amide bonds. The first-order valence-electron chi connectivity index (χ1n) is 9.81. The Balaban J connectivity index is 1.52. The third-order valence-electron chi connectivity index (χ3n) is 4.40. The van der Waals surface area contributed by atoms with Crippen molar-refractivity contribution < 1.29 is 18.8 Å². The summed E-state index contributed by atoms with van der Waals surface area (Å²) in [5.74, 6) is -0.0849. The van der Waals surface area contributed by atoms with E-state index in [1.807, 2.05) is 19.9 Å². The highest BCUT2D eigenvalue weighted by Gasteiger charge is 2.22. The third kappa shape index (κ3) is 6.51. The number of carbonyl (C=O) groups excluding carboxylic acids is 3. The summed E-state index contributed by atoms with van der Waals surface area (Å²) >= 11 is 1.23. The van der Waals surface area contributed by atoms with Crippen LogP contribution in [-0.2, 0) is 22.6 Å². The number of carbonyl (C=O) groups is 3. The Morgan fingerprint density at radius 1 is 1.10 bits per heavy atom. The topological polar surface area (TPSA) is 105 Å². The summed E-state index contributed by atoms with van der Waals surface area (Å²) in [6.07, 6.45) is 1.64. The molecule has 3 aromatic rings. The second-order valence-corrected chi connectivity index (χ2v) is 7.98. The number of thiazole rings is 1. The van der Waals surface area contributed by atoms with E-state index in [2.05, 4.69) is 15.6 Å². The van der Waals surface area contributed by atoms with E-state index in [4.69, 9.17) is 4.42 Å². The molecule has 0 aliphatic heterocycles. The van der Waals surface area contributed by atoms with E-state index in [9.17, 15) is 14.4 Å². The average molecular weight is 441 g/mol. The van der Waals surface area contributed by atoms with Crippen molar-refractivity contribution in [2.75, 3.05) is 11.9 Å². The van der Waals surface area contributed by atoms with E-state index in [1.165, 1.54) is 16.2 Å². The predicted molar refractivity (Wildman–Crippen MR) is 118 cm³/mol. The van der Waals surface area contributed by atoms with Crippen LogP contribution < -0.4 is 10.6 Å². The minimum absolute atomic E-state index is 0.0933. The molecule has 2 N–H and O–H groups in total. The summed E-state index contributed by atoms with van der Waals surface area (Å²) in [4.78, 5) is 43.1. The molecule has 0 saturated carbocycles. The standard InChI is InChI=1S/C22H24N4O4S/c1-15(2)26(21(29)16-7-4-3-5-8-16)13-20(28)25-22-24-17(14-31-22)11-19(27)23-12-18-9-6-10-30-18/h3-10,14-15H,11-13H2,1-2H3,(H,23,27)(H,24,25,28). The molecule has 0 aliphatic rings. The molecule has 9 heteroatoms. The summed E-state index contributed by atoms with van der Waals surface area (Å²) in [7, 11) is 0. The van der Waals surface area contributed by atoms with Gasteiger partial charge in [-0.05, 0) is 38.1 Å². The maximum Gasteiger partial charge on any atom is 0.254 e. The van der Waals surface area contributed by atoms with Crippen LogP contribution in [0.5, 0.6) is 0 Å². The van der Waals surface area contributed by atoms with Gasteiger partial charge in [0.2, 0.25) is 11.8 Å². The number of nitrogens with one attached hydrogen (secondary N) is 2. The van der Waals surface area contributed by atoms with Crippen LogP contribution in [0.2, 0.25) is 0 Å². The number of nitrogens with zero attached hydrogens (tertiary/aromatic N) is 2. The number of rotatable bonds is 9. The first-order chi connectivity index (χ1) is 14.9. The molecule has 31 heavy (non-hydrogen) atoms. The van der Waals surface area contributed by atoms with Crippen molar-refractivity contribution in [3.8, 4) is 0 Å². The Labute approximate surface area is 184 Å². The zero-order valence-corrected chi connectivity index (χ0v) is 18.1. The number of hydrogen-bond acceptors (Lipinski definition) is 6. The van der Waals surface area contributed by atoms with Gasteiger partial charge in [-0.15, -0.1) is 11.3 Å². The fraction of sp³-hybridized carbons (Fsp3) is 0.273. The van der Waals surface area contributed by atoms with E-state index in [0.717, 1.165) is 0 Å². The molecule has 1 aromatic carbocycles. The fourth-order valence-corrected chi connectivity index (χ4v) is 3.55. The SMILES string of the molecule is CC(C)N(CC(=O)Nc1nc(CC(=O)NCc2ccco2)cs1)C(=O)c1ccccc1. The second-order valence-electron chi connectivity index (χ2n) is 7.12. The molecule has 0 aliphatic carbocycles. The Kier molecular flexibility index (Phi) is 7.55. The van der Waals surface area contributed by atoms with Gasteiger partial charge in [0.15, 0.2) is 5.13 Å². The van der Waals surface area contributed by atoms with E-state index in [1.54, 1.807) is 48.0 Å². The predicted octanol–water partition coefficient (Wildman–Crippen LogP) is 3.08. The lowest BCUT2D eigenvalue weighted by Crippen LogP contribution is -2.42. The van der Waals surface area contributed by atoms with Crippen LogP contribution in [0.15, 0.2) is 58.5 Å². The number of anilines is 1. The van der Waals surface area contributed by atoms with Crippen molar-refractivity contribution in [2.45, 2.75) is 32.9 Å². The zero-order valence-electron chi connectivity index (χ0n) is 17.3. The molecule has 0 saturated heterocycles. The number of amides is 3. The molecule has 0 unspecified atom stereocenters. The van der Waals surface area contributed by atoms with Crippen LogP contribution in [-0.4, -0.2) is 40.2 Å². The van der Waals surface area contributed by atoms with Gasteiger partial charge in [0.25, 0.3) is 5.91 Å². The molecule has 0 spiro atoms. The molecule has 0 atom stereocenters. The summed E-state index contributed by atoms with van der Waals surface area (Å²) in [6.45, 7) is 3.93. The normalized spacial score (nSPS) is 10.7. The Morgan fingerprint density at radius 3 is 2.55 bits per heavy atom. The molecule has 0 radical (unpaired) electrons. The Hall–Kier alpha value is -3.46. The Bertz CT molecular complexity index is 1020. The first kappa shape index (κ1) is 22.2. The highest BCUT2D eigenvalue weighted by Crippen LogP contribution is 2.16. The third-order valence-corrected chi connectivity index (χ3v) is 5.21. The van der Waals surface area contributed by atoms with Crippen LogP contribution in [0.3, 0.4) is 0 Å². The van der Waals surface area contributed by atoms with Gasteiger partial charge >= 0.3 is 0 Å². The van der Waals surface area contributed by atoms with Gasteiger partial charge in [-0.25, -0.2) is 4.98 Å². The number of benzene rings is 1. The van der Waals surface area contributed by atoms with Crippen LogP contribution in [0.4, 0.5) is 5.13 Å². The van der Waals surface area contributed by atoms with Gasteiger partial charge in [-0.3, -0.25) is 14.4 Å². The summed E-state index contributed by atoms with van der Waals surface area (Å²) < 4.78 is 5.17. The summed E-state index contributed by atoms with van der Waals surface area (Å²) in [5.41, 5.74) is 1.08. The minimum atomic E-state index is -0.346. The molecule has 2 aromatic heterocycles. The van der Waals surface area contributed by atoms with Crippen molar-refractivity contribution in [3.63, 3.8) is 0 Å². The number of aromatic nitrogens is 1. The van der Waals surface area contributed by atoms with Crippen LogP contribution >= 0.6 is 11.3 Å². The zero-order chi connectivity index (χ0) is 22.2. The number of hydrogen-bond donors (Lipinski definition) is 2. The lowest BCUT2D eigenvalue weighted by atomic mass is 10.1. The van der Waals surface area contributed by atoms with E-state index >= 15 is 0 Å². The average Bonchev–Trinajstić information content (AvgIpc) is 3.42.